The number of halogens is 1. The third kappa shape index (κ3) is 3.42. The molecule has 0 bridgehead atoms. The van der Waals surface area contributed by atoms with Crippen LogP contribution in [0.2, 0.25) is 0 Å². The molecule has 2 heterocycles. The SMILES string of the molecule is Cc1nn(C)c(NC(=O)C2COc3ccccc3O2)c1-c1ccc(Br)cc1. The Bertz CT molecular complexity index is 998. The summed E-state index contributed by atoms with van der Waals surface area (Å²) in [6.07, 6.45) is -0.729. The number of hydrogen-bond acceptors (Lipinski definition) is 4. The lowest BCUT2D eigenvalue weighted by atomic mass is 10.1. The number of fused-ring (bicyclic) bond motifs is 1. The molecule has 1 aliphatic rings. The first-order chi connectivity index (χ1) is 13.0. The van der Waals surface area contributed by atoms with Gasteiger partial charge in [-0.3, -0.25) is 9.48 Å². The summed E-state index contributed by atoms with van der Waals surface area (Å²) >= 11 is 3.44. The lowest BCUT2D eigenvalue weighted by Gasteiger charge is -2.25. The van der Waals surface area contributed by atoms with Gasteiger partial charge in [-0.2, -0.15) is 5.10 Å². The molecule has 1 aliphatic heterocycles. The van der Waals surface area contributed by atoms with Crippen LogP contribution in [-0.4, -0.2) is 28.4 Å². The fourth-order valence-corrected chi connectivity index (χ4v) is 3.37. The number of carbonyl (C=O) groups excluding carboxylic acids is 1. The smallest absolute Gasteiger partial charge is 0.270 e. The Balaban J connectivity index is 1.60. The average Bonchev–Trinajstić information content (AvgIpc) is 2.95. The van der Waals surface area contributed by atoms with Crippen molar-refractivity contribution < 1.29 is 14.3 Å². The van der Waals surface area contributed by atoms with Gasteiger partial charge in [0.05, 0.1) is 5.69 Å². The van der Waals surface area contributed by atoms with E-state index in [1.807, 2.05) is 49.4 Å². The Hall–Kier alpha value is -2.80. The second-order valence-electron chi connectivity index (χ2n) is 6.29. The summed E-state index contributed by atoms with van der Waals surface area (Å²) in [4.78, 5) is 12.8. The Morgan fingerprint density at radius 1 is 1.19 bits per heavy atom. The molecule has 7 heteroatoms. The summed E-state index contributed by atoms with van der Waals surface area (Å²) in [6, 6.07) is 15.2. The van der Waals surface area contributed by atoms with Crippen LogP contribution in [0.15, 0.2) is 53.0 Å². The van der Waals surface area contributed by atoms with Crippen LogP contribution in [0.25, 0.3) is 11.1 Å². The van der Waals surface area contributed by atoms with Crippen LogP contribution in [0.1, 0.15) is 5.69 Å². The molecule has 4 rings (SSSR count). The van der Waals surface area contributed by atoms with Gasteiger partial charge in [-0.15, -0.1) is 0 Å². The Morgan fingerprint density at radius 3 is 2.63 bits per heavy atom. The van der Waals surface area contributed by atoms with Crippen molar-refractivity contribution in [2.24, 2.45) is 7.05 Å². The molecule has 138 valence electrons. The molecule has 0 aliphatic carbocycles. The molecule has 1 atom stereocenters. The van der Waals surface area contributed by atoms with Crippen LogP contribution < -0.4 is 14.8 Å². The number of hydrogen-bond donors (Lipinski definition) is 1. The van der Waals surface area contributed by atoms with Gasteiger partial charge in [-0.25, -0.2) is 0 Å². The van der Waals surface area contributed by atoms with Crippen LogP contribution in [0, 0.1) is 6.92 Å². The van der Waals surface area contributed by atoms with E-state index in [-0.39, 0.29) is 12.5 Å². The van der Waals surface area contributed by atoms with Crippen LogP contribution in [0.5, 0.6) is 11.5 Å². The Kier molecular flexibility index (Phi) is 4.61. The van der Waals surface area contributed by atoms with E-state index in [1.54, 1.807) is 17.8 Å². The number of benzene rings is 2. The van der Waals surface area contributed by atoms with E-state index in [4.69, 9.17) is 9.47 Å². The maximum atomic E-state index is 12.8. The molecule has 0 radical (unpaired) electrons. The number of aromatic nitrogens is 2. The van der Waals surface area contributed by atoms with E-state index in [0.29, 0.717) is 17.3 Å². The minimum absolute atomic E-state index is 0.160. The van der Waals surface area contributed by atoms with Gasteiger partial charge in [0.25, 0.3) is 5.91 Å². The monoisotopic (exact) mass is 427 g/mol. The number of ether oxygens (including phenoxy) is 2. The fraction of sp³-hybridized carbons (Fsp3) is 0.200. The summed E-state index contributed by atoms with van der Waals surface area (Å²) in [6.45, 7) is 2.08. The van der Waals surface area contributed by atoms with Crippen LogP contribution in [0.3, 0.4) is 0 Å². The number of aryl methyl sites for hydroxylation is 2. The number of nitrogens with one attached hydrogen (secondary N) is 1. The van der Waals surface area contributed by atoms with Crippen LogP contribution in [0.4, 0.5) is 5.82 Å². The van der Waals surface area contributed by atoms with Crippen molar-refractivity contribution in [3.8, 4) is 22.6 Å². The molecular formula is C20H18BrN3O3. The third-order valence-corrected chi connectivity index (χ3v) is 4.93. The van der Waals surface area contributed by atoms with Crippen LogP contribution in [-0.2, 0) is 11.8 Å². The van der Waals surface area contributed by atoms with Crippen molar-refractivity contribution in [2.45, 2.75) is 13.0 Å². The molecule has 1 amide bonds. The molecular weight excluding hydrogens is 410 g/mol. The number of rotatable bonds is 3. The number of carbonyl (C=O) groups is 1. The second kappa shape index (κ2) is 7.08. The molecule has 0 saturated heterocycles. The maximum Gasteiger partial charge on any atom is 0.270 e. The van der Waals surface area contributed by atoms with E-state index >= 15 is 0 Å². The normalized spacial score (nSPS) is 15.4. The fourth-order valence-electron chi connectivity index (χ4n) is 3.11. The van der Waals surface area contributed by atoms with Gasteiger partial charge in [0.15, 0.2) is 11.5 Å². The molecule has 3 aromatic rings. The standard InChI is InChI=1S/C20H18BrN3O3/c1-12-18(13-7-9-14(21)10-8-13)19(24(2)23-12)22-20(25)17-11-26-15-5-3-4-6-16(15)27-17/h3-10,17H,11H2,1-2H3,(H,22,25). The molecule has 27 heavy (non-hydrogen) atoms. The van der Waals surface area contributed by atoms with Crippen molar-refractivity contribution >= 4 is 27.7 Å². The van der Waals surface area contributed by atoms with E-state index in [2.05, 4.69) is 26.3 Å². The van der Waals surface area contributed by atoms with E-state index in [9.17, 15) is 4.79 Å². The van der Waals surface area contributed by atoms with Crippen LogP contribution >= 0.6 is 15.9 Å². The topological polar surface area (TPSA) is 65.4 Å². The zero-order valence-electron chi connectivity index (χ0n) is 14.9. The lowest BCUT2D eigenvalue weighted by molar-refractivity contribution is -0.125. The highest BCUT2D eigenvalue weighted by molar-refractivity contribution is 9.10. The minimum Gasteiger partial charge on any atom is -0.485 e. The first-order valence-corrected chi connectivity index (χ1v) is 9.31. The summed E-state index contributed by atoms with van der Waals surface area (Å²) in [5.41, 5.74) is 2.70. The number of anilines is 1. The second-order valence-corrected chi connectivity index (χ2v) is 7.21. The quantitative estimate of drug-likeness (QED) is 0.687. The predicted octanol–water partition coefficient (Wildman–Crippen LogP) is 3.94. The zero-order valence-corrected chi connectivity index (χ0v) is 16.5. The Morgan fingerprint density at radius 2 is 1.89 bits per heavy atom. The van der Waals surface area contributed by atoms with Crippen molar-refractivity contribution in [3.05, 3.63) is 58.7 Å². The van der Waals surface area contributed by atoms with Crippen molar-refractivity contribution in [1.82, 2.24) is 9.78 Å². The Labute approximate surface area is 165 Å². The first-order valence-electron chi connectivity index (χ1n) is 8.52. The summed E-state index contributed by atoms with van der Waals surface area (Å²) in [7, 11) is 1.80. The summed E-state index contributed by atoms with van der Waals surface area (Å²) < 4.78 is 14.1. The highest BCUT2D eigenvalue weighted by Crippen LogP contribution is 2.34. The predicted molar refractivity (Wildman–Crippen MR) is 106 cm³/mol. The number of nitrogens with zero attached hydrogens (tertiary/aromatic N) is 2. The lowest BCUT2D eigenvalue weighted by Crippen LogP contribution is -2.40. The van der Waals surface area contributed by atoms with Gasteiger partial charge >= 0.3 is 0 Å². The van der Waals surface area contributed by atoms with Gasteiger partial charge in [0, 0.05) is 17.1 Å². The minimum atomic E-state index is -0.729. The maximum absolute atomic E-state index is 12.8. The molecule has 0 fully saturated rings. The molecule has 2 aromatic carbocycles. The molecule has 0 spiro atoms. The van der Waals surface area contributed by atoms with Gasteiger partial charge < -0.3 is 14.8 Å². The summed E-state index contributed by atoms with van der Waals surface area (Å²) in [5, 5.41) is 7.42. The highest BCUT2D eigenvalue weighted by atomic mass is 79.9. The highest BCUT2D eigenvalue weighted by Gasteiger charge is 2.29. The van der Waals surface area contributed by atoms with E-state index < -0.39 is 6.10 Å². The van der Waals surface area contributed by atoms with Crippen molar-refractivity contribution in [1.29, 1.82) is 0 Å². The van der Waals surface area contributed by atoms with Gasteiger partial charge in [-0.05, 0) is 36.8 Å². The molecule has 0 saturated carbocycles. The number of amides is 1. The first kappa shape index (κ1) is 17.6. The zero-order chi connectivity index (χ0) is 19.0. The van der Waals surface area contributed by atoms with Gasteiger partial charge in [-0.1, -0.05) is 40.2 Å². The van der Waals surface area contributed by atoms with Crippen molar-refractivity contribution in [3.63, 3.8) is 0 Å². The largest absolute Gasteiger partial charge is 0.485 e. The molecule has 1 aromatic heterocycles. The van der Waals surface area contributed by atoms with Gasteiger partial charge in [0.2, 0.25) is 6.10 Å². The van der Waals surface area contributed by atoms with Crippen molar-refractivity contribution in [2.75, 3.05) is 11.9 Å². The van der Waals surface area contributed by atoms with E-state index in [0.717, 1.165) is 21.3 Å². The molecule has 1 unspecified atom stereocenters. The number of para-hydroxylation sites is 2. The third-order valence-electron chi connectivity index (χ3n) is 4.40. The molecule has 6 nitrogen and oxygen atoms in total. The van der Waals surface area contributed by atoms with E-state index in [1.165, 1.54) is 0 Å². The van der Waals surface area contributed by atoms with Gasteiger partial charge in [0.1, 0.15) is 12.4 Å². The average molecular weight is 428 g/mol. The summed E-state index contributed by atoms with van der Waals surface area (Å²) in [5.74, 6) is 1.57. The molecule has 1 N–H and O–H groups in total.